The lowest BCUT2D eigenvalue weighted by atomic mass is 9.99. The highest BCUT2D eigenvalue weighted by atomic mass is 35.5. The summed E-state index contributed by atoms with van der Waals surface area (Å²) in [7, 11) is 0. The zero-order valence-electron chi connectivity index (χ0n) is 11.6. The molecule has 0 radical (unpaired) electrons. The van der Waals surface area contributed by atoms with E-state index in [2.05, 4.69) is 46.3 Å². The van der Waals surface area contributed by atoms with Gasteiger partial charge in [-0.3, -0.25) is 0 Å². The maximum atomic E-state index is 6.21. The quantitative estimate of drug-likeness (QED) is 0.616. The number of fused-ring (bicyclic) bond motifs is 2. The Kier molecular flexibility index (Phi) is 3.04. The lowest BCUT2D eigenvalue weighted by molar-refractivity contribution is 0.734. The van der Waals surface area contributed by atoms with Crippen LogP contribution in [0.25, 0.3) is 10.9 Å². The molecule has 0 atom stereocenters. The van der Waals surface area contributed by atoms with Crippen molar-refractivity contribution in [2.45, 2.75) is 13.0 Å². The van der Waals surface area contributed by atoms with Gasteiger partial charge in [-0.2, -0.15) is 0 Å². The van der Waals surface area contributed by atoms with Crippen LogP contribution in [0.1, 0.15) is 11.1 Å². The maximum absolute atomic E-state index is 6.21. The van der Waals surface area contributed by atoms with E-state index >= 15 is 0 Å². The highest BCUT2D eigenvalue weighted by Crippen LogP contribution is 2.32. The van der Waals surface area contributed by atoms with Crippen LogP contribution in [0.5, 0.6) is 0 Å². The van der Waals surface area contributed by atoms with Crippen LogP contribution >= 0.6 is 11.6 Å². The fraction of sp³-hybridized carbons (Fsp3) is 0.167. The van der Waals surface area contributed by atoms with E-state index in [0.29, 0.717) is 5.15 Å². The highest BCUT2D eigenvalue weighted by Gasteiger charge is 2.18. The lowest BCUT2D eigenvalue weighted by Crippen LogP contribution is -2.30. The minimum atomic E-state index is 0.558. The number of halogens is 1. The molecule has 3 heteroatoms. The van der Waals surface area contributed by atoms with Crippen molar-refractivity contribution in [1.82, 2.24) is 4.98 Å². The second-order valence-electron chi connectivity index (χ2n) is 5.42. The topological polar surface area (TPSA) is 16.1 Å². The molecule has 0 aliphatic carbocycles. The van der Waals surface area contributed by atoms with E-state index in [0.717, 1.165) is 25.0 Å². The van der Waals surface area contributed by atoms with Crippen LogP contribution in [-0.4, -0.2) is 11.5 Å². The van der Waals surface area contributed by atoms with Gasteiger partial charge in [0, 0.05) is 24.2 Å². The molecular weight excluding hydrogens is 280 g/mol. The maximum Gasteiger partial charge on any atom is 0.131 e. The van der Waals surface area contributed by atoms with E-state index in [1.54, 1.807) is 0 Å². The standard InChI is InChI=1S/C18H15ClN2/c19-18-11-17(15-7-3-4-8-16(15)20-18)21-10-9-13-5-1-2-6-14(13)12-21/h1-8,11H,9-10,12H2. The number of nitrogens with zero attached hydrogens (tertiary/aromatic N) is 2. The van der Waals surface area contributed by atoms with E-state index in [4.69, 9.17) is 11.6 Å². The van der Waals surface area contributed by atoms with Crippen LogP contribution in [-0.2, 0) is 13.0 Å². The normalized spacial score (nSPS) is 14.2. The molecule has 2 nitrogen and oxygen atoms in total. The summed E-state index contributed by atoms with van der Waals surface area (Å²) in [6, 6.07) is 18.8. The highest BCUT2D eigenvalue weighted by molar-refractivity contribution is 6.30. The predicted octanol–water partition coefficient (Wildman–Crippen LogP) is 4.45. The van der Waals surface area contributed by atoms with Crippen molar-refractivity contribution in [2.24, 2.45) is 0 Å². The van der Waals surface area contributed by atoms with Gasteiger partial charge in [0.2, 0.25) is 0 Å². The van der Waals surface area contributed by atoms with E-state index in [1.165, 1.54) is 22.2 Å². The Labute approximate surface area is 129 Å². The smallest absolute Gasteiger partial charge is 0.131 e. The van der Waals surface area contributed by atoms with Gasteiger partial charge in [-0.15, -0.1) is 0 Å². The summed E-state index contributed by atoms with van der Waals surface area (Å²) in [6.07, 6.45) is 1.07. The van der Waals surface area contributed by atoms with E-state index < -0.39 is 0 Å². The first-order valence-electron chi connectivity index (χ1n) is 7.18. The molecule has 0 saturated carbocycles. The minimum absolute atomic E-state index is 0.558. The van der Waals surface area contributed by atoms with Gasteiger partial charge >= 0.3 is 0 Å². The molecule has 1 aromatic heterocycles. The fourth-order valence-electron chi connectivity index (χ4n) is 3.09. The molecule has 104 valence electrons. The van der Waals surface area contributed by atoms with Gasteiger partial charge in [0.15, 0.2) is 0 Å². The van der Waals surface area contributed by atoms with Crippen LogP contribution in [0.15, 0.2) is 54.6 Å². The number of hydrogen-bond acceptors (Lipinski definition) is 2. The summed E-state index contributed by atoms with van der Waals surface area (Å²) in [4.78, 5) is 6.82. The Morgan fingerprint density at radius 1 is 0.952 bits per heavy atom. The number of aromatic nitrogens is 1. The summed E-state index contributed by atoms with van der Waals surface area (Å²) in [5.74, 6) is 0. The number of rotatable bonds is 1. The first kappa shape index (κ1) is 12.7. The lowest BCUT2D eigenvalue weighted by Gasteiger charge is -2.31. The summed E-state index contributed by atoms with van der Waals surface area (Å²) in [5, 5.41) is 1.73. The van der Waals surface area contributed by atoms with Gasteiger partial charge in [-0.1, -0.05) is 54.1 Å². The van der Waals surface area contributed by atoms with Crippen LogP contribution < -0.4 is 4.90 Å². The number of pyridine rings is 1. The van der Waals surface area contributed by atoms with Crippen molar-refractivity contribution in [1.29, 1.82) is 0 Å². The third kappa shape index (κ3) is 2.26. The number of para-hydroxylation sites is 1. The van der Waals surface area contributed by atoms with Crippen molar-refractivity contribution in [3.63, 3.8) is 0 Å². The Morgan fingerprint density at radius 2 is 1.71 bits per heavy atom. The molecule has 4 rings (SSSR count). The van der Waals surface area contributed by atoms with Gasteiger partial charge in [0.05, 0.1) is 5.52 Å². The molecule has 0 unspecified atom stereocenters. The molecule has 0 spiro atoms. The Bertz CT molecular complexity index is 813. The van der Waals surface area contributed by atoms with Gasteiger partial charge in [0.25, 0.3) is 0 Å². The average Bonchev–Trinajstić information content (AvgIpc) is 2.53. The molecular formula is C18H15ClN2. The molecule has 1 aliphatic heterocycles. The van der Waals surface area contributed by atoms with E-state index in [-0.39, 0.29) is 0 Å². The minimum Gasteiger partial charge on any atom is -0.366 e. The third-order valence-electron chi connectivity index (χ3n) is 4.13. The Morgan fingerprint density at radius 3 is 2.62 bits per heavy atom. The number of anilines is 1. The molecule has 0 amide bonds. The van der Waals surface area contributed by atoms with Crippen molar-refractivity contribution in [3.8, 4) is 0 Å². The molecule has 0 fully saturated rings. The number of hydrogen-bond donors (Lipinski definition) is 0. The molecule has 1 aliphatic rings. The van der Waals surface area contributed by atoms with Crippen molar-refractivity contribution in [2.75, 3.05) is 11.4 Å². The van der Waals surface area contributed by atoms with E-state index in [1.807, 2.05) is 18.2 Å². The molecule has 2 heterocycles. The van der Waals surface area contributed by atoms with E-state index in [9.17, 15) is 0 Å². The van der Waals surface area contributed by atoms with Crippen LogP contribution in [0.2, 0.25) is 5.15 Å². The van der Waals surface area contributed by atoms with Crippen LogP contribution in [0.4, 0.5) is 5.69 Å². The molecule has 0 saturated heterocycles. The fourth-order valence-corrected chi connectivity index (χ4v) is 3.28. The molecule has 3 aromatic rings. The Balaban J connectivity index is 1.81. The van der Waals surface area contributed by atoms with Gasteiger partial charge < -0.3 is 4.90 Å². The summed E-state index contributed by atoms with van der Waals surface area (Å²) < 4.78 is 0. The largest absolute Gasteiger partial charge is 0.366 e. The summed E-state index contributed by atoms with van der Waals surface area (Å²) >= 11 is 6.21. The second-order valence-corrected chi connectivity index (χ2v) is 5.81. The number of benzene rings is 2. The second kappa shape index (κ2) is 5.05. The van der Waals surface area contributed by atoms with Gasteiger partial charge in [-0.25, -0.2) is 4.98 Å². The molecule has 2 aromatic carbocycles. The zero-order valence-corrected chi connectivity index (χ0v) is 12.3. The van der Waals surface area contributed by atoms with Crippen LogP contribution in [0, 0.1) is 0 Å². The average molecular weight is 295 g/mol. The molecule has 0 bridgehead atoms. The third-order valence-corrected chi connectivity index (χ3v) is 4.33. The summed E-state index contributed by atoms with van der Waals surface area (Å²) in [6.45, 7) is 1.95. The van der Waals surface area contributed by atoms with Gasteiger partial charge in [0.1, 0.15) is 5.15 Å². The van der Waals surface area contributed by atoms with Crippen molar-refractivity contribution < 1.29 is 0 Å². The van der Waals surface area contributed by atoms with Gasteiger partial charge in [-0.05, 0) is 29.7 Å². The Hall–Kier alpha value is -2.06. The molecule has 0 N–H and O–H groups in total. The van der Waals surface area contributed by atoms with Crippen LogP contribution in [0.3, 0.4) is 0 Å². The first-order valence-corrected chi connectivity index (χ1v) is 7.56. The van der Waals surface area contributed by atoms with Crippen molar-refractivity contribution >= 4 is 28.2 Å². The molecule has 21 heavy (non-hydrogen) atoms. The summed E-state index contributed by atoms with van der Waals surface area (Å²) in [5.41, 5.74) is 5.00. The first-order chi connectivity index (χ1) is 10.3. The predicted molar refractivity (Wildman–Crippen MR) is 87.9 cm³/mol. The monoisotopic (exact) mass is 294 g/mol. The van der Waals surface area contributed by atoms with Crippen molar-refractivity contribution in [3.05, 3.63) is 70.9 Å². The zero-order chi connectivity index (χ0) is 14.2. The SMILES string of the molecule is Clc1cc(N2CCc3ccccc3C2)c2ccccc2n1.